The molecule has 5 aromatic rings. The molecule has 1 radical (unpaired) electrons. The average Bonchev–Trinajstić information content (AvgIpc) is 2.84. The molecule has 4 aromatic carbocycles. The van der Waals surface area contributed by atoms with Gasteiger partial charge in [-0.1, -0.05) is 66.7 Å². The molecule has 0 aliphatic carbocycles. The smallest absolute Gasteiger partial charge is 0.316 e. The second-order valence-electron chi connectivity index (χ2n) is 7.94. The summed E-state index contributed by atoms with van der Waals surface area (Å²) in [5.41, 5.74) is 3.72. The van der Waals surface area contributed by atoms with Gasteiger partial charge in [0.05, 0.1) is 18.8 Å². The van der Waals surface area contributed by atoms with E-state index in [4.69, 9.17) is 14.9 Å². The van der Waals surface area contributed by atoms with E-state index >= 15 is 0 Å². The summed E-state index contributed by atoms with van der Waals surface area (Å²) in [6, 6.07) is 30.4. The molecule has 3 nitrogen and oxygen atoms in total. The zero-order chi connectivity index (χ0) is 24.1. The molecular weight excluding hydrogens is 618 g/mol. The van der Waals surface area contributed by atoms with Crippen molar-refractivity contribution in [3.05, 3.63) is 115 Å². The Kier molecular flexibility index (Phi) is 8.64. The fraction of sp³-hybridized carbons (Fsp3) is 0.0667. The van der Waals surface area contributed by atoms with Gasteiger partial charge < -0.3 is 10.1 Å². The van der Waals surface area contributed by atoms with Gasteiger partial charge in [0, 0.05) is 37.5 Å². The predicted molar refractivity (Wildman–Crippen MR) is 138 cm³/mol. The normalized spacial score (nSPS) is 10.9. The molecule has 0 amide bonds. The zero-order valence-electron chi connectivity index (χ0n) is 19.3. The number of allylic oxidation sites excluding steroid dienone is 2. The first kappa shape index (κ1) is 26.0. The van der Waals surface area contributed by atoms with E-state index in [1.165, 1.54) is 42.8 Å². The second kappa shape index (κ2) is 11.7. The molecule has 0 aliphatic rings. The predicted octanol–water partition coefficient (Wildman–Crippen LogP) is 7.67. The van der Waals surface area contributed by atoms with Gasteiger partial charge in [-0.25, -0.2) is 0 Å². The van der Waals surface area contributed by atoms with Gasteiger partial charge in [0.2, 0.25) is 0 Å². The van der Waals surface area contributed by atoms with Crippen LogP contribution in [0.25, 0.3) is 43.9 Å². The van der Waals surface area contributed by atoms with Gasteiger partial charge in [0.15, 0.2) is 0 Å². The van der Waals surface area contributed by atoms with Gasteiger partial charge in [0.25, 0.3) is 0 Å². The van der Waals surface area contributed by atoms with Gasteiger partial charge in [0.1, 0.15) is 0 Å². The van der Waals surface area contributed by atoms with Crippen LogP contribution in [0.1, 0.15) is 13.8 Å². The molecule has 177 valence electrons. The van der Waals surface area contributed by atoms with E-state index in [2.05, 4.69) is 42.5 Å². The monoisotopic (exact) mass is 642 g/mol. The minimum Gasteiger partial charge on any atom is -0.512 e. The van der Waals surface area contributed by atoms with Crippen molar-refractivity contribution in [1.29, 1.82) is 0 Å². The summed E-state index contributed by atoms with van der Waals surface area (Å²) < 4.78 is 13.4. The second-order valence-corrected chi connectivity index (χ2v) is 7.94. The van der Waals surface area contributed by atoms with Crippen LogP contribution < -0.4 is 0 Å². The standard InChI is InChI=1S/C25H15FN.C5H8O2.Ir/c26-20-13-10-19(11-14-20)25-24(18-7-2-1-3-8-18)22-15-12-17-6-4-5-9-21(17)23(22)16-27-25;1-4(6)3-5(2)7;/h1-10,12-16H;3,6H,1-2H3;/q-1;;/p+1/b;4-3-;. The molecular formula is C30H24FIrNO2. The maximum Gasteiger partial charge on any atom is 0.316 e. The summed E-state index contributed by atoms with van der Waals surface area (Å²) in [6.45, 7) is 3.00. The van der Waals surface area contributed by atoms with Crippen LogP contribution in [-0.2, 0) is 20.1 Å². The number of aliphatic hydroxyl groups excluding tert-OH is 1. The molecule has 5 heteroatoms. The average molecular weight is 642 g/mol. The molecule has 0 atom stereocenters. The molecule has 0 saturated heterocycles. The fourth-order valence-electron chi connectivity index (χ4n) is 3.93. The first-order valence-electron chi connectivity index (χ1n) is 10.9. The Balaban J connectivity index is 0.000000378. The molecule has 0 spiro atoms. The maximum absolute atomic E-state index is 13.4. The van der Waals surface area contributed by atoms with E-state index in [1.807, 2.05) is 36.5 Å². The Morgan fingerprint density at radius 3 is 2.23 bits per heavy atom. The number of benzene rings is 4. The van der Waals surface area contributed by atoms with Crippen molar-refractivity contribution in [1.82, 2.24) is 4.98 Å². The van der Waals surface area contributed by atoms with Crippen molar-refractivity contribution in [2.24, 2.45) is 0 Å². The van der Waals surface area contributed by atoms with Crippen molar-refractivity contribution < 1.29 is 34.4 Å². The van der Waals surface area contributed by atoms with Gasteiger partial charge in [-0.2, -0.15) is 0 Å². The number of hydrogen-bond donors (Lipinski definition) is 1. The number of ketones is 1. The van der Waals surface area contributed by atoms with E-state index in [1.54, 1.807) is 6.07 Å². The fourth-order valence-corrected chi connectivity index (χ4v) is 3.93. The van der Waals surface area contributed by atoms with Crippen molar-refractivity contribution in [3.8, 4) is 22.4 Å². The molecule has 0 fully saturated rings. The quantitative estimate of drug-likeness (QED) is 0.0723. The Hall–Kier alpha value is -3.66. The first-order valence-corrected chi connectivity index (χ1v) is 10.9. The van der Waals surface area contributed by atoms with Crippen LogP contribution in [0.15, 0.2) is 103 Å². The molecule has 0 aliphatic heterocycles. The van der Waals surface area contributed by atoms with Gasteiger partial charge >= 0.3 is 5.78 Å². The minimum absolute atomic E-state index is 0. The van der Waals surface area contributed by atoms with E-state index in [-0.39, 0.29) is 37.5 Å². The van der Waals surface area contributed by atoms with E-state index in [0.29, 0.717) is 0 Å². The van der Waals surface area contributed by atoms with Gasteiger partial charge in [-0.05, 0) is 39.9 Å². The number of nitrogens with zero attached hydrogens (tertiary/aromatic N) is 1. The molecule has 0 saturated carbocycles. The zero-order valence-corrected chi connectivity index (χ0v) is 21.7. The van der Waals surface area contributed by atoms with Crippen LogP contribution in [0, 0.1) is 11.9 Å². The van der Waals surface area contributed by atoms with E-state index in [9.17, 15) is 4.39 Å². The Morgan fingerprint density at radius 1 is 0.886 bits per heavy atom. The Labute approximate surface area is 217 Å². The van der Waals surface area contributed by atoms with Crippen LogP contribution in [0.3, 0.4) is 0 Å². The first-order chi connectivity index (χ1) is 16.4. The molecule has 5 rings (SSSR count). The number of aliphatic hydroxyl groups is 1. The summed E-state index contributed by atoms with van der Waals surface area (Å²) >= 11 is 0. The molecule has 1 heterocycles. The number of fused-ring (bicyclic) bond motifs is 3. The largest absolute Gasteiger partial charge is 0.512 e. The van der Waals surface area contributed by atoms with Crippen molar-refractivity contribution in [2.45, 2.75) is 13.8 Å². The van der Waals surface area contributed by atoms with E-state index < -0.39 is 0 Å². The summed E-state index contributed by atoms with van der Waals surface area (Å²) in [5, 5.41) is 13.0. The summed E-state index contributed by atoms with van der Waals surface area (Å²) in [5.74, 6) is -0.0493. The summed E-state index contributed by atoms with van der Waals surface area (Å²) in [4.78, 5) is 13.2. The minimum atomic E-state index is -0.299. The van der Waals surface area contributed by atoms with Crippen LogP contribution >= 0.6 is 0 Å². The number of pyridine rings is 1. The van der Waals surface area contributed by atoms with Gasteiger partial charge in [-0.3, -0.25) is 9.18 Å². The molecule has 0 bridgehead atoms. The number of carbonyl (C=O) groups excluding carboxylic acids is 1. The number of aromatic nitrogens is 1. The SMILES string of the molecule is CC(=[OH+])/C=C(/C)O.Fc1c[c-]c(-c2ncc3c(ccc4ccccc43)c2-c2ccccc2)cc1.[Ir]. The third-order valence-electron chi connectivity index (χ3n) is 5.31. The van der Waals surface area contributed by atoms with Crippen molar-refractivity contribution in [2.75, 3.05) is 0 Å². The van der Waals surface area contributed by atoms with Crippen LogP contribution in [0.4, 0.5) is 4.39 Å². The third-order valence-corrected chi connectivity index (χ3v) is 5.31. The Bertz CT molecular complexity index is 1490. The van der Waals surface area contributed by atoms with Crippen LogP contribution in [-0.4, -0.2) is 20.7 Å². The van der Waals surface area contributed by atoms with Crippen LogP contribution in [0.2, 0.25) is 0 Å². The summed E-state index contributed by atoms with van der Waals surface area (Å²) in [6.07, 6.45) is 3.19. The van der Waals surface area contributed by atoms with Crippen molar-refractivity contribution >= 4 is 27.3 Å². The van der Waals surface area contributed by atoms with Crippen LogP contribution in [0.5, 0.6) is 0 Å². The molecule has 2 N–H and O–H groups in total. The van der Waals surface area contributed by atoms with Crippen molar-refractivity contribution in [3.63, 3.8) is 0 Å². The summed E-state index contributed by atoms with van der Waals surface area (Å²) in [7, 11) is 0. The number of halogens is 1. The third kappa shape index (κ3) is 6.07. The van der Waals surface area contributed by atoms with E-state index in [0.717, 1.165) is 33.2 Å². The molecule has 1 aromatic heterocycles. The maximum atomic E-state index is 13.4. The molecule has 0 unspecified atom stereocenters. The molecule has 35 heavy (non-hydrogen) atoms. The number of hydrogen-bond acceptors (Lipinski definition) is 2. The number of rotatable bonds is 3. The van der Waals surface area contributed by atoms with Gasteiger partial charge in [-0.15, -0.1) is 29.8 Å². The topological polar surface area (TPSA) is 54.5 Å². The Morgan fingerprint density at radius 2 is 1.60 bits per heavy atom.